The van der Waals surface area contributed by atoms with Crippen LogP contribution in [-0.2, 0) is 29.2 Å². The van der Waals surface area contributed by atoms with E-state index in [0.29, 0.717) is 49.3 Å². The van der Waals surface area contributed by atoms with Crippen LogP contribution in [0.15, 0.2) is 161 Å². The second-order valence-electron chi connectivity index (χ2n) is 16.6. The van der Waals surface area contributed by atoms with E-state index >= 15 is 0 Å². The Kier molecular flexibility index (Phi) is 13.1. The molecule has 0 spiro atoms. The van der Waals surface area contributed by atoms with Crippen LogP contribution < -0.4 is 5.32 Å². The Balaban J connectivity index is 1.02. The number of nitrogens with zero attached hydrogens (tertiary/aromatic N) is 6. The van der Waals surface area contributed by atoms with Crippen LogP contribution in [0, 0.1) is 12.3 Å². The van der Waals surface area contributed by atoms with Crippen LogP contribution >= 0.6 is 45.4 Å². The third-order valence-electron chi connectivity index (χ3n) is 12.4. The number of aromatic nitrogens is 4. The lowest BCUT2D eigenvalue weighted by Crippen LogP contribution is -2.39. The lowest BCUT2D eigenvalue weighted by molar-refractivity contribution is -0.127. The number of amides is 2. The summed E-state index contributed by atoms with van der Waals surface area (Å²) < 4.78 is 3.38. The van der Waals surface area contributed by atoms with E-state index < -0.39 is 10.9 Å². The molecule has 3 aliphatic rings. The van der Waals surface area contributed by atoms with E-state index in [2.05, 4.69) is 60.0 Å². The van der Waals surface area contributed by atoms with Gasteiger partial charge in [0.25, 0.3) is 0 Å². The Morgan fingerprint density at radius 3 is 2.36 bits per heavy atom. The van der Waals surface area contributed by atoms with Crippen molar-refractivity contribution in [2.45, 2.75) is 50.2 Å². The number of nitrogens with one attached hydrogen (secondary N) is 2. The topological polar surface area (TPSA) is 120 Å². The van der Waals surface area contributed by atoms with Crippen molar-refractivity contribution in [1.29, 1.82) is 5.41 Å². The summed E-state index contributed by atoms with van der Waals surface area (Å²) in [4.78, 5) is 42.2. The standard InChI is InChI=1S/C52H48Cl2N8O2S2/c1-5-51(63)60-27-45(41-19-49(53)65-47(41)30-60)40-16-10-8-14-38(40)44-29-62(59-33(44)4)26-35-18-36(24-57-23-35)66-48-31-61(52(64)6-2)28-46(42(48)20-50(66)54)39-15-9-7-13-37(39)43(32(3)55)25-58-22-34-12-11-17-56-21-34/h5-21,23-25,29,45-46,55,58,66H,1-2,22,26-28,30-31H2,3-4H3/b43-25+,55-32?/t45-,46+/m1/s1. The summed E-state index contributed by atoms with van der Waals surface area (Å²) >= 11 is 15.4. The van der Waals surface area contributed by atoms with Gasteiger partial charge >= 0.3 is 0 Å². The number of benzene rings is 2. The first-order valence-corrected chi connectivity index (χ1v) is 24.5. The number of aryl methyl sites for hydroxylation is 1. The molecule has 3 atom stereocenters. The zero-order valence-electron chi connectivity index (χ0n) is 36.5. The Morgan fingerprint density at radius 1 is 0.879 bits per heavy atom. The predicted molar refractivity (Wildman–Crippen MR) is 269 cm³/mol. The van der Waals surface area contributed by atoms with Crippen molar-refractivity contribution in [3.05, 3.63) is 204 Å². The number of rotatable bonds is 13. The van der Waals surface area contributed by atoms with Gasteiger partial charge in [-0.25, -0.2) is 0 Å². The van der Waals surface area contributed by atoms with E-state index in [0.717, 1.165) is 80.4 Å². The van der Waals surface area contributed by atoms with Gasteiger partial charge in [0, 0.05) is 95.3 Å². The minimum atomic E-state index is -1.21. The quantitative estimate of drug-likeness (QED) is 0.0603. The first-order valence-electron chi connectivity index (χ1n) is 21.6. The molecule has 3 aliphatic heterocycles. The molecule has 4 aromatic heterocycles. The van der Waals surface area contributed by atoms with Crippen molar-refractivity contribution in [2.75, 3.05) is 19.6 Å². The Labute approximate surface area is 401 Å². The SMILES string of the molecule is C=CC(=O)N1Cc2sc(Cl)cc2[C@@H](c2ccccc2-c2cn(Cc3cncc([SH]4C(Cl)=CC5=C4CN(C(=O)C=C)C[C@H]5c4ccccc4/C(=C/NCc4cccnc4)C(C)=N)c3)nc2C)C1. The summed E-state index contributed by atoms with van der Waals surface area (Å²) in [6.45, 7) is 14.3. The molecule has 10 nitrogen and oxygen atoms in total. The van der Waals surface area contributed by atoms with Gasteiger partial charge in [-0.15, -0.1) is 11.3 Å². The zero-order valence-corrected chi connectivity index (χ0v) is 39.8. The smallest absolute Gasteiger partial charge is 0.246 e. The molecule has 1 unspecified atom stereocenters. The molecule has 14 heteroatoms. The van der Waals surface area contributed by atoms with Gasteiger partial charge in [-0.1, -0.05) is 91.0 Å². The van der Waals surface area contributed by atoms with Gasteiger partial charge in [0.1, 0.15) is 0 Å². The maximum Gasteiger partial charge on any atom is 0.246 e. The number of carbonyl (C=O) groups is 2. The highest BCUT2D eigenvalue weighted by molar-refractivity contribution is 8.25. The number of thiophene rings is 1. The molecule has 0 bridgehead atoms. The zero-order chi connectivity index (χ0) is 46.1. The fraction of sp³-hybridized carbons (Fsp3) is 0.192. The summed E-state index contributed by atoms with van der Waals surface area (Å²) in [6, 6.07) is 24.6. The molecule has 2 aromatic carbocycles. The van der Waals surface area contributed by atoms with Crippen LogP contribution in [-0.4, -0.2) is 66.7 Å². The van der Waals surface area contributed by atoms with E-state index in [4.69, 9.17) is 38.7 Å². The third-order valence-corrected chi connectivity index (χ3v) is 16.5. The van der Waals surface area contributed by atoms with Crippen LogP contribution in [0.1, 0.15) is 62.7 Å². The number of allylic oxidation sites excluding steroid dienone is 2. The molecule has 2 N–H and O–H groups in total. The molecular weight excluding hydrogens is 904 g/mol. The first-order chi connectivity index (χ1) is 32.0. The van der Waals surface area contributed by atoms with Crippen molar-refractivity contribution < 1.29 is 9.59 Å². The van der Waals surface area contributed by atoms with Crippen LogP contribution in [0.5, 0.6) is 0 Å². The van der Waals surface area contributed by atoms with Gasteiger partial charge in [0.2, 0.25) is 11.8 Å². The molecule has 2 amide bonds. The summed E-state index contributed by atoms with van der Waals surface area (Å²) in [5.41, 5.74) is 11.4. The van der Waals surface area contributed by atoms with Gasteiger partial charge in [-0.05, 0) is 99.7 Å². The van der Waals surface area contributed by atoms with Gasteiger partial charge < -0.3 is 20.5 Å². The fourth-order valence-corrected chi connectivity index (χ4v) is 13.8. The highest BCUT2D eigenvalue weighted by atomic mass is 35.5. The number of hydrogen-bond donors (Lipinski definition) is 3. The second kappa shape index (κ2) is 19.3. The van der Waals surface area contributed by atoms with Crippen LogP contribution in [0.2, 0.25) is 4.34 Å². The van der Waals surface area contributed by atoms with Crippen LogP contribution in [0.3, 0.4) is 0 Å². The van der Waals surface area contributed by atoms with E-state index in [9.17, 15) is 9.59 Å². The number of fused-ring (bicyclic) bond motifs is 1. The Morgan fingerprint density at radius 2 is 1.61 bits per heavy atom. The summed E-state index contributed by atoms with van der Waals surface area (Å²) in [6.07, 6.45) is 16.2. The third kappa shape index (κ3) is 8.98. The number of halogens is 2. The van der Waals surface area contributed by atoms with Crippen molar-refractivity contribution in [3.8, 4) is 11.1 Å². The number of hydrogen-bond acceptors (Lipinski definition) is 8. The molecule has 334 valence electrons. The minimum Gasteiger partial charge on any atom is -0.386 e. The second-order valence-corrected chi connectivity index (χ2v) is 21.2. The molecule has 66 heavy (non-hydrogen) atoms. The minimum absolute atomic E-state index is 0.0731. The summed E-state index contributed by atoms with van der Waals surface area (Å²) in [5.74, 6) is -0.531. The average Bonchev–Trinajstić information content (AvgIpc) is 4.01. The normalized spacial score (nSPS) is 18.6. The largest absolute Gasteiger partial charge is 0.386 e. The summed E-state index contributed by atoms with van der Waals surface area (Å²) in [7, 11) is -1.21. The molecule has 0 saturated heterocycles. The van der Waals surface area contributed by atoms with Crippen LogP contribution in [0.4, 0.5) is 0 Å². The van der Waals surface area contributed by atoms with Crippen LogP contribution in [0.25, 0.3) is 16.7 Å². The molecule has 0 saturated carbocycles. The lowest BCUT2D eigenvalue weighted by Gasteiger charge is -2.37. The van der Waals surface area contributed by atoms with Gasteiger partial charge in [-0.2, -0.15) is 16.0 Å². The summed E-state index contributed by atoms with van der Waals surface area (Å²) in [5, 5.41) is 17.2. The van der Waals surface area contributed by atoms with Crippen molar-refractivity contribution in [2.24, 2.45) is 0 Å². The van der Waals surface area contributed by atoms with E-state index in [1.165, 1.54) is 23.5 Å². The maximum atomic E-state index is 13.5. The van der Waals surface area contributed by atoms with Gasteiger partial charge in [0.15, 0.2) is 0 Å². The molecule has 9 rings (SSSR count). The first kappa shape index (κ1) is 44.9. The average molecular weight is 952 g/mol. The van der Waals surface area contributed by atoms with Gasteiger partial charge in [0.05, 0.1) is 34.0 Å². The highest BCUT2D eigenvalue weighted by Gasteiger charge is 2.38. The molecule has 6 aromatic rings. The van der Waals surface area contributed by atoms with E-state index in [-0.39, 0.29) is 23.7 Å². The molecule has 7 heterocycles. The maximum absolute atomic E-state index is 13.5. The number of pyridine rings is 2. The van der Waals surface area contributed by atoms with E-state index in [1.807, 2.05) is 94.7 Å². The van der Waals surface area contributed by atoms with Gasteiger partial charge in [-0.3, -0.25) is 24.2 Å². The predicted octanol–water partition coefficient (Wildman–Crippen LogP) is 10.8. The Bertz CT molecular complexity index is 3010. The van der Waals surface area contributed by atoms with Crippen molar-refractivity contribution in [1.82, 2.24) is 34.9 Å². The highest BCUT2D eigenvalue weighted by Crippen LogP contribution is 2.61. The molecule has 0 fully saturated rings. The number of carbonyl (C=O) groups excluding carboxylic acids is 2. The van der Waals surface area contributed by atoms with E-state index in [1.54, 1.807) is 13.1 Å². The lowest BCUT2D eigenvalue weighted by atomic mass is 9.82. The molecular formula is C52H48Cl2N8O2S2. The van der Waals surface area contributed by atoms with Crippen molar-refractivity contribution >= 4 is 68.5 Å². The van der Waals surface area contributed by atoms with Crippen molar-refractivity contribution in [3.63, 3.8) is 0 Å². The molecule has 0 aliphatic carbocycles. The monoisotopic (exact) mass is 950 g/mol. The number of thiol groups is 1. The molecule has 0 radical (unpaired) electrons. The Hall–Kier alpha value is -6.31. The fourth-order valence-electron chi connectivity index (χ4n) is 9.34.